The largest absolute Gasteiger partial charge is 0.333 e. The van der Waals surface area contributed by atoms with Crippen LogP contribution in [-0.4, -0.2) is 29.3 Å². The zero-order chi connectivity index (χ0) is 22.4. The molecule has 0 aliphatic carbocycles. The summed E-state index contributed by atoms with van der Waals surface area (Å²) in [5.41, 5.74) is 2.47. The second kappa shape index (κ2) is 7.98. The van der Waals surface area contributed by atoms with Crippen molar-refractivity contribution < 1.29 is 4.52 Å². The van der Waals surface area contributed by atoms with E-state index in [0.29, 0.717) is 33.8 Å². The van der Waals surface area contributed by atoms with Gasteiger partial charge in [0.1, 0.15) is 0 Å². The first-order valence-electron chi connectivity index (χ1n) is 10.1. The lowest BCUT2D eigenvalue weighted by atomic mass is 10.2. The molecule has 4 heterocycles. The summed E-state index contributed by atoms with van der Waals surface area (Å²) in [5.74, 6) is 1.98. The zero-order valence-corrected chi connectivity index (χ0v) is 19.0. The van der Waals surface area contributed by atoms with Crippen molar-refractivity contribution in [2.24, 2.45) is 0 Å². The van der Waals surface area contributed by atoms with Crippen molar-refractivity contribution in [3.8, 4) is 16.5 Å². The van der Waals surface area contributed by atoms with Gasteiger partial charge in [0.25, 0.3) is 11.4 Å². The maximum atomic E-state index is 13.4. The molecule has 162 valence electrons. The van der Waals surface area contributed by atoms with Crippen LogP contribution in [0.2, 0.25) is 0 Å². The minimum Gasteiger partial charge on any atom is -0.333 e. The average Bonchev–Trinajstić information content (AvgIpc) is 3.60. The zero-order valence-electron chi connectivity index (χ0n) is 17.4. The second-order valence-electron chi connectivity index (χ2n) is 7.39. The standard InChI is InChI=1S/C23H16N6O2S2/c1-14-8-10-15(11-9-14)28-21(30)16-5-2-3-6-17(16)29-22(28)25-26-23(29)33-13-19-24-20(31-27-19)18-7-4-12-32-18/h2-12H,13H2,1H3. The van der Waals surface area contributed by atoms with Gasteiger partial charge in [-0.05, 0) is 42.6 Å². The number of aromatic nitrogens is 6. The van der Waals surface area contributed by atoms with E-state index >= 15 is 0 Å². The molecule has 33 heavy (non-hydrogen) atoms. The highest BCUT2D eigenvalue weighted by atomic mass is 32.2. The fraction of sp³-hybridized carbons (Fsp3) is 0.0870. The first-order chi connectivity index (χ1) is 16.2. The van der Waals surface area contributed by atoms with Crippen molar-refractivity contribution >= 4 is 39.8 Å². The molecule has 0 unspecified atom stereocenters. The molecule has 0 amide bonds. The third kappa shape index (κ3) is 3.43. The Balaban J connectivity index is 1.45. The number of thioether (sulfide) groups is 1. The van der Waals surface area contributed by atoms with Gasteiger partial charge in [-0.2, -0.15) is 4.98 Å². The molecule has 0 radical (unpaired) electrons. The average molecular weight is 473 g/mol. The number of para-hydroxylation sites is 1. The Hall–Kier alpha value is -3.76. The van der Waals surface area contributed by atoms with Crippen molar-refractivity contribution in [1.29, 1.82) is 0 Å². The van der Waals surface area contributed by atoms with Crippen molar-refractivity contribution in [1.82, 2.24) is 29.3 Å². The number of benzene rings is 2. The van der Waals surface area contributed by atoms with Crippen molar-refractivity contribution in [3.63, 3.8) is 0 Å². The van der Waals surface area contributed by atoms with E-state index in [1.807, 2.05) is 77.4 Å². The summed E-state index contributed by atoms with van der Waals surface area (Å²) in [6, 6.07) is 19.1. The van der Waals surface area contributed by atoms with Gasteiger partial charge in [-0.1, -0.05) is 52.8 Å². The fourth-order valence-corrected chi connectivity index (χ4v) is 5.07. The van der Waals surface area contributed by atoms with Crippen LogP contribution in [0.3, 0.4) is 0 Å². The first-order valence-corrected chi connectivity index (χ1v) is 12.0. The summed E-state index contributed by atoms with van der Waals surface area (Å²) < 4.78 is 8.89. The lowest BCUT2D eigenvalue weighted by Crippen LogP contribution is -2.21. The summed E-state index contributed by atoms with van der Waals surface area (Å²) in [6.07, 6.45) is 0. The van der Waals surface area contributed by atoms with Gasteiger partial charge < -0.3 is 4.52 Å². The van der Waals surface area contributed by atoms with Crippen molar-refractivity contribution in [2.75, 3.05) is 0 Å². The molecule has 0 saturated heterocycles. The van der Waals surface area contributed by atoms with Crippen LogP contribution in [0, 0.1) is 6.92 Å². The van der Waals surface area contributed by atoms with Gasteiger partial charge in [-0.3, -0.25) is 9.20 Å². The predicted octanol–water partition coefficient (Wildman–Crippen LogP) is 4.75. The van der Waals surface area contributed by atoms with Gasteiger partial charge in [0.15, 0.2) is 11.0 Å². The molecular formula is C23H16N6O2S2. The lowest BCUT2D eigenvalue weighted by molar-refractivity contribution is 0.426. The maximum absolute atomic E-state index is 13.4. The van der Waals surface area contributed by atoms with E-state index in [9.17, 15) is 4.79 Å². The molecule has 4 aromatic heterocycles. The van der Waals surface area contributed by atoms with E-state index in [2.05, 4.69) is 20.3 Å². The van der Waals surface area contributed by atoms with Crippen LogP contribution in [0.1, 0.15) is 11.4 Å². The highest BCUT2D eigenvalue weighted by Gasteiger charge is 2.19. The molecule has 10 heteroatoms. The lowest BCUT2D eigenvalue weighted by Gasteiger charge is -2.11. The number of hydrogen-bond acceptors (Lipinski definition) is 8. The highest BCUT2D eigenvalue weighted by Crippen LogP contribution is 2.27. The number of aryl methyl sites for hydroxylation is 1. The van der Waals surface area contributed by atoms with Crippen LogP contribution in [0.5, 0.6) is 0 Å². The van der Waals surface area contributed by atoms with E-state index in [1.54, 1.807) is 15.9 Å². The summed E-state index contributed by atoms with van der Waals surface area (Å²) in [7, 11) is 0. The van der Waals surface area contributed by atoms with Gasteiger partial charge in [0, 0.05) is 0 Å². The maximum Gasteiger partial charge on any atom is 0.268 e. The van der Waals surface area contributed by atoms with Crippen LogP contribution in [-0.2, 0) is 5.75 Å². The third-order valence-corrected chi connectivity index (χ3v) is 7.00. The number of fused-ring (bicyclic) bond motifs is 3. The Morgan fingerprint density at radius 3 is 2.70 bits per heavy atom. The molecular weight excluding hydrogens is 456 g/mol. The van der Waals surface area contributed by atoms with Gasteiger partial charge in [0.2, 0.25) is 5.78 Å². The molecule has 0 bridgehead atoms. The smallest absolute Gasteiger partial charge is 0.268 e. The van der Waals surface area contributed by atoms with E-state index in [4.69, 9.17) is 4.52 Å². The van der Waals surface area contributed by atoms with E-state index in [-0.39, 0.29) is 5.56 Å². The van der Waals surface area contributed by atoms with E-state index in [0.717, 1.165) is 21.6 Å². The molecule has 0 saturated carbocycles. The Kier molecular flexibility index (Phi) is 4.81. The van der Waals surface area contributed by atoms with Gasteiger partial charge in [0.05, 0.1) is 27.2 Å². The quantitative estimate of drug-likeness (QED) is 0.335. The molecule has 8 nitrogen and oxygen atoms in total. The van der Waals surface area contributed by atoms with Gasteiger partial charge in [-0.15, -0.1) is 21.5 Å². The van der Waals surface area contributed by atoms with Crippen LogP contribution in [0.25, 0.3) is 33.1 Å². The second-order valence-corrected chi connectivity index (χ2v) is 9.28. The topological polar surface area (TPSA) is 91.1 Å². The first kappa shape index (κ1) is 19.9. The molecule has 0 atom stereocenters. The molecule has 0 aliphatic rings. The summed E-state index contributed by atoms with van der Waals surface area (Å²) in [6.45, 7) is 2.01. The van der Waals surface area contributed by atoms with Crippen LogP contribution < -0.4 is 5.56 Å². The molecule has 0 N–H and O–H groups in total. The monoisotopic (exact) mass is 472 g/mol. The normalized spacial score (nSPS) is 11.5. The minimum atomic E-state index is -0.135. The number of thiophene rings is 1. The predicted molar refractivity (Wildman–Crippen MR) is 128 cm³/mol. The SMILES string of the molecule is Cc1ccc(-n2c(=O)c3ccccc3n3c(SCc4noc(-c5cccs5)n4)nnc23)cc1. The Bertz CT molecular complexity index is 1650. The summed E-state index contributed by atoms with van der Waals surface area (Å²) >= 11 is 2.99. The summed E-state index contributed by atoms with van der Waals surface area (Å²) in [4.78, 5) is 18.8. The van der Waals surface area contributed by atoms with Gasteiger partial charge in [-0.25, -0.2) is 4.57 Å². The Labute approximate surface area is 195 Å². The number of nitrogens with zero attached hydrogens (tertiary/aromatic N) is 6. The minimum absolute atomic E-state index is 0.135. The Morgan fingerprint density at radius 1 is 1.03 bits per heavy atom. The molecule has 6 aromatic rings. The van der Waals surface area contributed by atoms with Crippen LogP contribution >= 0.6 is 23.1 Å². The molecule has 0 aliphatic heterocycles. The summed E-state index contributed by atoms with van der Waals surface area (Å²) in [5, 5.41) is 16.1. The van der Waals surface area contributed by atoms with Crippen molar-refractivity contribution in [3.05, 3.63) is 87.8 Å². The Morgan fingerprint density at radius 2 is 1.88 bits per heavy atom. The molecule has 0 fully saturated rings. The fourth-order valence-electron chi connectivity index (χ4n) is 3.64. The highest BCUT2D eigenvalue weighted by molar-refractivity contribution is 7.98. The van der Waals surface area contributed by atoms with Crippen molar-refractivity contribution in [2.45, 2.75) is 17.8 Å². The van der Waals surface area contributed by atoms with E-state index in [1.165, 1.54) is 11.8 Å². The molecule has 0 spiro atoms. The number of hydrogen-bond donors (Lipinski definition) is 0. The van der Waals surface area contributed by atoms with Gasteiger partial charge >= 0.3 is 0 Å². The van der Waals surface area contributed by atoms with Crippen LogP contribution in [0.15, 0.2) is 80.5 Å². The van der Waals surface area contributed by atoms with E-state index < -0.39 is 0 Å². The molecule has 6 rings (SSSR count). The van der Waals surface area contributed by atoms with Crippen LogP contribution in [0.4, 0.5) is 0 Å². The number of rotatable bonds is 5. The molecule has 2 aromatic carbocycles. The third-order valence-electron chi connectivity index (χ3n) is 5.22.